The number of nitrogens with zero attached hydrogens (tertiary/aromatic N) is 2. The minimum atomic E-state index is -1.36. The van der Waals surface area contributed by atoms with Crippen LogP contribution in [-0.4, -0.2) is 64.4 Å². The minimum Gasteiger partial charge on any atom is -0.862 e. The monoisotopic (exact) mass is 384 g/mol. The van der Waals surface area contributed by atoms with Gasteiger partial charge in [0.25, 0.3) is 5.91 Å². The Morgan fingerprint density at radius 2 is 2.12 bits per heavy atom. The van der Waals surface area contributed by atoms with Crippen molar-refractivity contribution in [1.82, 2.24) is 4.90 Å². The predicted molar refractivity (Wildman–Crippen MR) is 82.7 cm³/mol. The molecule has 1 aromatic carbocycles. The molecule has 0 aromatic heterocycles. The molecule has 0 spiro atoms. The second kappa shape index (κ2) is 7.31. The van der Waals surface area contributed by atoms with E-state index in [1.165, 1.54) is 11.8 Å². The zero-order valence-corrected chi connectivity index (χ0v) is 17.6. The number of carboxylic acid groups (broad SMARTS) is 1. The minimum absolute atomic E-state index is 0. The molecule has 8 nitrogen and oxygen atoms in total. The van der Waals surface area contributed by atoms with Gasteiger partial charge in [0, 0.05) is 6.42 Å². The standard InChI is InChI=1S/C17H18N2O6.K/c1-17-14(16(22)23)19-13(10(25-17)8-24-17)12(15(19)21)18-11(20)7-9-5-3-2-4-6-9;/h2-6,10,12-14H,7-8H2,1H3,(H,18,20)(H,22,23);/q;+1/p-1/t10-,12-,13+,14-,17-;/m0./s1. The van der Waals surface area contributed by atoms with E-state index in [1.807, 2.05) is 30.3 Å². The third-order valence-corrected chi connectivity index (χ3v) is 4.94. The number of morpholine rings is 1. The molecular weight excluding hydrogens is 367 g/mol. The Morgan fingerprint density at radius 1 is 1.42 bits per heavy atom. The third-order valence-electron chi connectivity index (χ3n) is 4.94. The van der Waals surface area contributed by atoms with Crippen molar-refractivity contribution in [2.24, 2.45) is 4.99 Å². The van der Waals surface area contributed by atoms with Gasteiger partial charge in [-0.25, -0.2) is 4.79 Å². The Kier molecular flexibility index (Phi) is 5.60. The first-order valence-corrected chi connectivity index (χ1v) is 8.05. The van der Waals surface area contributed by atoms with Crippen LogP contribution in [0.3, 0.4) is 0 Å². The molecule has 1 amide bonds. The maximum atomic E-state index is 12.5. The average Bonchev–Trinajstić information content (AvgIpc) is 2.91. The van der Waals surface area contributed by atoms with Gasteiger partial charge in [-0.2, -0.15) is 0 Å². The van der Waals surface area contributed by atoms with E-state index in [9.17, 15) is 19.8 Å². The number of carbonyl (C=O) groups excluding carboxylic acids is 1. The maximum absolute atomic E-state index is 12.5. The van der Waals surface area contributed by atoms with E-state index in [-0.39, 0.29) is 64.4 Å². The molecule has 9 heteroatoms. The smallest absolute Gasteiger partial charge is 0.862 e. The summed E-state index contributed by atoms with van der Waals surface area (Å²) in [5, 5.41) is 21.7. The van der Waals surface area contributed by atoms with Gasteiger partial charge in [0.2, 0.25) is 0 Å². The molecule has 5 atom stereocenters. The molecule has 3 heterocycles. The summed E-state index contributed by atoms with van der Waals surface area (Å²) < 4.78 is 11.2. The number of amides is 1. The number of carbonyl (C=O) groups is 2. The molecule has 0 saturated carbocycles. The van der Waals surface area contributed by atoms with Gasteiger partial charge in [0.05, 0.1) is 12.6 Å². The number of aliphatic imine (C=N–C) groups is 1. The van der Waals surface area contributed by atoms with E-state index in [0.29, 0.717) is 0 Å². The zero-order chi connectivity index (χ0) is 17.8. The molecule has 1 N–H and O–H groups in total. The van der Waals surface area contributed by atoms with Crippen LogP contribution in [0, 0.1) is 0 Å². The van der Waals surface area contributed by atoms with Gasteiger partial charge in [0.1, 0.15) is 6.10 Å². The number of fused-ring (bicyclic) bond motifs is 4. The molecule has 0 unspecified atom stereocenters. The van der Waals surface area contributed by atoms with Gasteiger partial charge in [-0.15, -0.1) is 0 Å². The van der Waals surface area contributed by atoms with Crippen LogP contribution in [0.25, 0.3) is 0 Å². The Morgan fingerprint density at radius 3 is 2.77 bits per heavy atom. The molecule has 3 aliphatic rings. The fourth-order valence-electron chi connectivity index (χ4n) is 3.82. The maximum Gasteiger partial charge on any atom is 1.00 e. The summed E-state index contributed by atoms with van der Waals surface area (Å²) >= 11 is 0. The van der Waals surface area contributed by atoms with Crippen molar-refractivity contribution >= 4 is 17.8 Å². The van der Waals surface area contributed by atoms with Gasteiger partial charge in [-0.3, -0.25) is 9.79 Å². The van der Waals surface area contributed by atoms with Crippen LogP contribution in [-0.2, 0) is 25.5 Å². The summed E-state index contributed by atoms with van der Waals surface area (Å²) in [5.41, 5.74) is 0.806. The first kappa shape index (κ1) is 19.9. The molecule has 1 aromatic rings. The average molecular weight is 384 g/mol. The molecule has 26 heavy (non-hydrogen) atoms. The molecule has 3 saturated heterocycles. The van der Waals surface area contributed by atoms with Gasteiger partial charge in [-0.1, -0.05) is 30.3 Å². The first-order valence-electron chi connectivity index (χ1n) is 8.05. The number of benzene rings is 1. The normalized spacial score (nSPS) is 35.3. The predicted octanol–water partition coefficient (Wildman–Crippen LogP) is -3.83. The van der Waals surface area contributed by atoms with Gasteiger partial charge in [-0.05, 0) is 18.4 Å². The molecule has 4 rings (SSSR count). The second-order valence-corrected chi connectivity index (χ2v) is 6.59. The van der Waals surface area contributed by atoms with Crippen LogP contribution in [0.2, 0.25) is 0 Å². The van der Waals surface area contributed by atoms with E-state index in [1.54, 1.807) is 0 Å². The van der Waals surface area contributed by atoms with Crippen molar-refractivity contribution in [2.75, 3.05) is 6.61 Å². The van der Waals surface area contributed by atoms with Gasteiger partial charge < -0.3 is 24.6 Å². The Hall–Kier alpha value is -0.814. The molecule has 3 aliphatic heterocycles. The Bertz CT molecular complexity index is 757. The molecule has 0 radical (unpaired) electrons. The SMILES string of the molecule is C[C@]12OC[C@H](O1)[C@@H]1[C@H](N=C([O-])Cc3ccccc3)C(=O)N1[C@H]2C(=O)O.[K+]. The van der Waals surface area contributed by atoms with Crippen LogP contribution >= 0.6 is 0 Å². The van der Waals surface area contributed by atoms with Gasteiger partial charge >= 0.3 is 57.4 Å². The van der Waals surface area contributed by atoms with E-state index in [4.69, 9.17) is 9.47 Å². The summed E-state index contributed by atoms with van der Waals surface area (Å²) in [7, 11) is 0. The molecule has 132 valence electrons. The molecule has 2 bridgehead atoms. The van der Waals surface area contributed by atoms with Crippen molar-refractivity contribution in [3.8, 4) is 0 Å². The number of hydrogen-bond donors (Lipinski definition) is 1. The summed E-state index contributed by atoms with van der Waals surface area (Å²) in [6, 6.07) is 6.38. The van der Waals surface area contributed by atoms with Crippen LogP contribution < -0.4 is 56.5 Å². The quantitative estimate of drug-likeness (QED) is 0.246. The fourth-order valence-corrected chi connectivity index (χ4v) is 3.82. The van der Waals surface area contributed by atoms with E-state index < -0.39 is 47.8 Å². The summed E-state index contributed by atoms with van der Waals surface area (Å²) in [6.07, 6.45) is -0.379. The van der Waals surface area contributed by atoms with Crippen LogP contribution in [0.5, 0.6) is 0 Å². The zero-order valence-electron chi connectivity index (χ0n) is 14.5. The summed E-state index contributed by atoms with van der Waals surface area (Å²) in [5.74, 6) is -3.44. The largest absolute Gasteiger partial charge is 1.00 e. The van der Waals surface area contributed by atoms with Crippen molar-refractivity contribution < 1.29 is 80.7 Å². The van der Waals surface area contributed by atoms with Crippen molar-refractivity contribution in [3.63, 3.8) is 0 Å². The van der Waals surface area contributed by atoms with E-state index >= 15 is 0 Å². The van der Waals surface area contributed by atoms with Crippen molar-refractivity contribution in [2.45, 2.75) is 43.4 Å². The molecule has 0 aliphatic carbocycles. The Labute approximate surface area is 192 Å². The number of β-lactam (4-membered cyclic amide) rings is 1. The number of rotatable bonds is 4. The Balaban J connectivity index is 0.00000196. The summed E-state index contributed by atoms with van der Waals surface area (Å²) in [4.78, 5) is 29.3. The number of carboxylic acids is 1. The van der Waals surface area contributed by atoms with Crippen molar-refractivity contribution in [1.29, 1.82) is 0 Å². The first-order chi connectivity index (χ1) is 11.9. The molecular formula is C17H17KN2O6. The fraction of sp³-hybridized carbons (Fsp3) is 0.471. The van der Waals surface area contributed by atoms with Gasteiger partial charge in [0.15, 0.2) is 17.9 Å². The second-order valence-electron chi connectivity index (χ2n) is 6.59. The van der Waals surface area contributed by atoms with Crippen molar-refractivity contribution in [3.05, 3.63) is 35.9 Å². The molecule has 3 fully saturated rings. The van der Waals surface area contributed by atoms with Crippen LogP contribution in [0.15, 0.2) is 35.3 Å². The number of ether oxygens (including phenoxy) is 2. The van der Waals surface area contributed by atoms with Crippen LogP contribution in [0.4, 0.5) is 0 Å². The number of aliphatic carboxylic acids is 1. The van der Waals surface area contributed by atoms with E-state index in [2.05, 4.69) is 4.99 Å². The summed E-state index contributed by atoms with van der Waals surface area (Å²) in [6.45, 7) is 1.69. The third kappa shape index (κ3) is 3.15. The number of hydrogen-bond acceptors (Lipinski definition) is 6. The topological polar surface area (TPSA) is 111 Å². The van der Waals surface area contributed by atoms with Crippen LogP contribution in [0.1, 0.15) is 12.5 Å². The van der Waals surface area contributed by atoms with E-state index in [0.717, 1.165) is 5.56 Å².